The molecule has 8 heteroatoms. The molecule has 0 spiro atoms. The Balaban J connectivity index is 2.22. The van der Waals surface area contributed by atoms with E-state index in [1.807, 2.05) is 0 Å². The Morgan fingerprint density at radius 3 is 2.76 bits per heavy atom. The van der Waals surface area contributed by atoms with Crippen LogP contribution in [-0.2, 0) is 6.61 Å². The van der Waals surface area contributed by atoms with Crippen molar-refractivity contribution in [3.63, 3.8) is 0 Å². The maximum Gasteiger partial charge on any atom is 0.345 e. The summed E-state index contributed by atoms with van der Waals surface area (Å²) in [4.78, 5) is 21.9. The smallest absolute Gasteiger partial charge is 0.345 e. The quantitative estimate of drug-likeness (QED) is 0.675. The molecule has 0 atom stereocenters. The number of carboxylic acid groups (broad SMARTS) is 1. The summed E-state index contributed by atoms with van der Waals surface area (Å²) in [6, 6.07) is 4.36. The predicted molar refractivity (Wildman–Crippen MR) is 73.4 cm³/mol. The van der Waals surface area contributed by atoms with Crippen LogP contribution < -0.4 is 4.74 Å². The van der Waals surface area contributed by atoms with Crippen molar-refractivity contribution in [3.05, 3.63) is 55.5 Å². The molecule has 0 bridgehead atoms. The van der Waals surface area contributed by atoms with E-state index in [1.54, 1.807) is 6.92 Å². The average molecular weight is 311 g/mol. The number of rotatable bonds is 5. The Morgan fingerprint density at radius 2 is 2.19 bits per heavy atom. The van der Waals surface area contributed by atoms with Gasteiger partial charge in [-0.1, -0.05) is 0 Å². The summed E-state index contributed by atoms with van der Waals surface area (Å²) in [6.45, 7) is 1.65. The molecule has 1 aromatic heterocycles. The molecule has 1 N–H and O–H groups in total. The number of aromatic carboxylic acids is 1. The minimum absolute atomic E-state index is 0.0695. The highest BCUT2D eigenvalue weighted by molar-refractivity contribution is 7.14. The first-order chi connectivity index (χ1) is 9.88. The van der Waals surface area contributed by atoms with Crippen molar-refractivity contribution >= 4 is 23.0 Å². The summed E-state index contributed by atoms with van der Waals surface area (Å²) < 4.78 is 18.4. The number of carbonyl (C=O) groups is 1. The van der Waals surface area contributed by atoms with Gasteiger partial charge in [0.1, 0.15) is 17.3 Å². The molecule has 0 saturated heterocycles. The van der Waals surface area contributed by atoms with E-state index in [0.717, 1.165) is 34.4 Å². The van der Waals surface area contributed by atoms with Crippen LogP contribution in [0.25, 0.3) is 0 Å². The molecule has 0 saturated carbocycles. The molecule has 0 aliphatic rings. The number of carboxylic acids is 1. The van der Waals surface area contributed by atoms with Gasteiger partial charge in [0, 0.05) is 22.6 Å². The molecule has 1 aromatic carbocycles. The number of nitrogens with zero attached hydrogens (tertiary/aromatic N) is 1. The summed E-state index contributed by atoms with van der Waals surface area (Å²) in [6.07, 6.45) is 0. The van der Waals surface area contributed by atoms with Gasteiger partial charge in [0.05, 0.1) is 4.92 Å². The van der Waals surface area contributed by atoms with E-state index in [9.17, 15) is 19.3 Å². The Kier molecular flexibility index (Phi) is 4.18. The van der Waals surface area contributed by atoms with E-state index >= 15 is 0 Å². The first-order valence-electron chi connectivity index (χ1n) is 5.78. The second kappa shape index (κ2) is 5.88. The van der Waals surface area contributed by atoms with Crippen LogP contribution in [-0.4, -0.2) is 16.0 Å². The molecule has 2 aromatic rings. The van der Waals surface area contributed by atoms with Crippen molar-refractivity contribution in [2.45, 2.75) is 13.5 Å². The van der Waals surface area contributed by atoms with Crippen molar-refractivity contribution < 1.29 is 24.0 Å². The highest BCUT2D eigenvalue weighted by Crippen LogP contribution is 2.29. The van der Waals surface area contributed by atoms with Crippen LogP contribution in [0.3, 0.4) is 0 Å². The van der Waals surface area contributed by atoms with Crippen molar-refractivity contribution in [3.8, 4) is 5.75 Å². The molecule has 6 nitrogen and oxygen atoms in total. The molecule has 1 heterocycles. The molecule has 0 amide bonds. The zero-order chi connectivity index (χ0) is 15.6. The van der Waals surface area contributed by atoms with Gasteiger partial charge in [-0.25, -0.2) is 9.18 Å². The van der Waals surface area contributed by atoms with Crippen LogP contribution in [0.15, 0.2) is 24.3 Å². The van der Waals surface area contributed by atoms with E-state index in [1.165, 1.54) is 6.07 Å². The maximum absolute atomic E-state index is 13.1. The lowest BCUT2D eigenvalue weighted by Gasteiger charge is -2.06. The summed E-state index contributed by atoms with van der Waals surface area (Å²) in [5, 5.41) is 19.7. The van der Waals surface area contributed by atoms with Crippen LogP contribution in [0, 0.1) is 22.9 Å². The highest BCUT2D eigenvalue weighted by atomic mass is 32.1. The lowest BCUT2D eigenvalue weighted by molar-refractivity contribution is -0.386. The third-order valence-corrected chi connectivity index (χ3v) is 3.81. The molecule has 110 valence electrons. The zero-order valence-electron chi connectivity index (χ0n) is 10.8. The van der Waals surface area contributed by atoms with Gasteiger partial charge in [-0.3, -0.25) is 10.1 Å². The third kappa shape index (κ3) is 3.34. The molecular formula is C13H10FNO5S. The fourth-order valence-electron chi connectivity index (χ4n) is 1.68. The molecule has 0 aliphatic heterocycles. The summed E-state index contributed by atoms with van der Waals surface area (Å²) >= 11 is 1.08. The largest absolute Gasteiger partial charge is 0.482 e. The standard InChI is InChI=1S/C13H10FNO5S/c1-7-8(4-12(21-7)13(16)17)6-20-11-5-9(14)2-3-10(11)15(18)19/h2-5H,6H2,1H3,(H,16,17). The van der Waals surface area contributed by atoms with Crippen molar-refractivity contribution in [1.29, 1.82) is 0 Å². The fourth-order valence-corrected chi connectivity index (χ4v) is 2.55. The summed E-state index contributed by atoms with van der Waals surface area (Å²) in [5.74, 6) is -1.89. The van der Waals surface area contributed by atoms with Crippen molar-refractivity contribution in [2.75, 3.05) is 0 Å². The Morgan fingerprint density at radius 1 is 1.48 bits per heavy atom. The molecule has 0 aliphatic carbocycles. The zero-order valence-corrected chi connectivity index (χ0v) is 11.6. The Hall–Kier alpha value is -2.48. The van der Waals surface area contributed by atoms with Gasteiger partial charge in [-0.05, 0) is 19.1 Å². The normalized spacial score (nSPS) is 10.4. The van der Waals surface area contributed by atoms with Crippen LogP contribution in [0.1, 0.15) is 20.1 Å². The molecule has 2 rings (SSSR count). The first-order valence-corrected chi connectivity index (χ1v) is 6.59. The van der Waals surface area contributed by atoms with E-state index in [-0.39, 0.29) is 22.9 Å². The lowest BCUT2D eigenvalue weighted by Crippen LogP contribution is -2.00. The molecule has 0 fully saturated rings. The first kappa shape index (κ1) is 14.9. The number of halogens is 1. The Bertz CT molecular complexity index is 713. The highest BCUT2D eigenvalue weighted by Gasteiger charge is 2.17. The number of hydrogen-bond donors (Lipinski definition) is 1. The number of aryl methyl sites for hydroxylation is 1. The number of ether oxygens (including phenoxy) is 1. The van der Waals surface area contributed by atoms with Gasteiger partial charge >= 0.3 is 11.7 Å². The van der Waals surface area contributed by atoms with Crippen LogP contribution in [0.5, 0.6) is 5.75 Å². The molecule has 0 radical (unpaired) electrons. The van der Waals surface area contributed by atoms with Crippen molar-refractivity contribution in [1.82, 2.24) is 0 Å². The van der Waals surface area contributed by atoms with E-state index in [2.05, 4.69) is 0 Å². The number of benzene rings is 1. The SMILES string of the molecule is Cc1sc(C(=O)O)cc1COc1cc(F)ccc1[N+](=O)[O-]. The predicted octanol–water partition coefficient (Wildman–Crippen LogP) is 3.38. The number of hydrogen-bond acceptors (Lipinski definition) is 5. The van der Waals surface area contributed by atoms with Gasteiger partial charge < -0.3 is 9.84 Å². The Labute approximate surface area is 122 Å². The minimum atomic E-state index is -1.05. The van der Waals surface area contributed by atoms with E-state index in [4.69, 9.17) is 9.84 Å². The van der Waals surface area contributed by atoms with Gasteiger partial charge in [-0.2, -0.15) is 0 Å². The van der Waals surface area contributed by atoms with E-state index < -0.39 is 16.7 Å². The summed E-state index contributed by atoms with van der Waals surface area (Å²) in [5.41, 5.74) is 0.249. The number of nitro benzene ring substituents is 1. The van der Waals surface area contributed by atoms with Crippen LogP contribution in [0.2, 0.25) is 0 Å². The van der Waals surface area contributed by atoms with Gasteiger partial charge in [0.25, 0.3) is 0 Å². The monoisotopic (exact) mass is 311 g/mol. The molecule has 21 heavy (non-hydrogen) atoms. The fraction of sp³-hybridized carbons (Fsp3) is 0.154. The second-order valence-corrected chi connectivity index (χ2v) is 5.41. The van der Waals surface area contributed by atoms with Crippen LogP contribution in [0.4, 0.5) is 10.1 Å². The lowest BCUT2D eigenvalue weighted by atomic mass is 10.2. The second-order valence-electron chi connectivity index (χ2n) is 4.16. The molecular weight excluding hydrogens is 301 g/mol. The number of nitro groups is 1. The average Bonchev–Trinajstić information content (AvgIpc) is 2.77. The van der Waals surface area contributed by atoms with Gasteiger partial charge in [-0.15, -0.1) is 11.3 Å². The summed E-state index contributed by atoms with van der Waals surface area (Å²) in [7, 11) is 0. The van der Waals surface area contributed by atoms with Gasteiger partial charge in [0.2, 0.25) is 0 Å². The van der Waals surface area contributed by atoms with Gasteiger partial charge in [0.15, 0.2) is 5.75 Å². The minimum Gasteiger partial charge on any atom is -0.482 e. The van der Waals surface area contributed by atoms with Crippen molar-refractivity contribution in [2.24, 2.45) is 0 Å². The van der Waals surface area contributed by atoms with E-state index in [0.29, 0.717) is 5.56 Å². The van der Waals surface area contributed by atoms with Crippen LogP contribution >= 0.6 is 11.3 Å². The number of thiophene rings is 1. The maximum atomic E-state index is 13.1. The molecule has 0 unspecified atom stereocenters. The third-order valence-electron chi connectivity index (χ3n) is 2.73. The topological polar surface area (TPSA) is 89.7 Å².